The number of benzene rings is 2. The van der Waals surface area contributed by atoms with Gasteiger partial charge < -0.3 is 15.0 Å². The molecule has 0 unspecified atom stereocenters. The Hall–Kier alpha value is -2.89. The summed E-state index contributed by atoms with van der Waals surface area (Å²) in [5.41, 5.74) is 2.36. The van der Waals surface area contributed by atoms with E-state index in [-0.39, 0.29) is 30.0 Å². The molecule has 0 atom stereocenters. The Labute approximate surface area is 164 Å². The van der Waals surface area contributed by atoms with Gasteiger partial charge in [-0.05, 0) is 55.2 Å². The first-order valence-corrected chi connectivity index (χ1v) is 9.44. The van der Waals surface area contributed by atoms with Crippen LogP contribution >= 0.6 is 0 Å². The van der Waals surface area contributed by atoms with Crippen molar-refractivity contribution in [2.45, 2.75) is 26.2 Å². The number of methoxy groups -OCH3 is 1. The summed E-state index contributed by atoms with van der Waals surface area (Å²) >= 11 is 0. The monoisotopic (exact) mass is 384 g/mol. The van der Waals surface area contributed by atoms with Gasteiger partial charge in [-0.1, -0.05) is 18.2 Å². The molecular weight excluding hydrogens is 359 g/mol. The first kappa shape index (κ1) is 19.9. The van der Waals surface area contributed by atoms with Crippen LogP contribution in [0.5, 0.6) is 5.75 Å². The van der Waals surface area contributed by atoms with Gasteiger partial charge in [0, 0.05) is 19.0 Å². The number of carbonyl (C=O) groups is 2. The predicted octanol–water partition coefficient (Wildman–Crippen LogP) is 3.56. The Balaban J connectivity index is 1.54. The molecule has 2 aromatic carbocycles. The van der Waals surface area contributed by atoms with Crippen molar-refractivity contribution < 1.29 is 18.7 Å². The number of ether oxygens (including phenoxy) is 1. The molecular formula is C22H25FN2O3. The van der Waals surface area contributed by atoms with Crippen molar-refractivity contribution in [3.8, 4) is 5.75 Å². The number of carbonyl (C=O) groups excluding carboxylic acids is 2. The molecule has 1 fully saturated rings. The van der Waals surface area contributed by atoms with Crippen molar-refractivity contribution in [3.05, 3.63) is 59.4 Å². The Bertz CT molecular complexity index is 861. The van der Waals surface area contributed by atoms with E-state index in [9.17, 15) is 14.0 Å². The van der Waals surface area contributed by atoms with Crippen molar-refractivity contribution >= 4 is 17.5 Å². The maximum atomic E-state index is 13.3. The van der Waals surface area contributed by atoms with Crippen LogP contribution in [0.3, 0.4) is 0 Å². The Morgan fingerprint density at radius 1 is 1.18 bits per heavy atom. The number of halogens is 1. The number of amides is 2. The predicted molar refractivity (Wildman–Crippen MR) is 106 cm³/mol. The maximum Gasteiger partial charge on any atom is 0.227 e. The quantitative estimate of drug-likeness (QED) is 0.858. The smallest absolute Gasteiger partial charge is 0.227 e. The number of nitrogens with zero attached hydrogens (tertiary/aromatic N) is 1. The van der Waals surface area contributed by atoms with Gasteiger partial charge in [-0.25, -0.2) is 4.39 Å². The van der Waals surface area contributed by atoms with Crippen LogP contribution in [-0.4, -0.2) is 36.9 Å². The lowest BCUT2D eigenvalue weighted by molar-refractivity contribution is -0.133. The third-order valence-electron chi connectivity index (χ3n) is 5.08. The van der Waals surface area contributed by atoms with Gasteiger partial charge in [-0.2, -0.15) is 0 Å². The number of likely N-dealkylation sites (tertiary alicyclic amines) is 1. The molecule has 0 saturated carbocycles. The molecule has 0 spiro atoms. The Kier molecular flexibility index (Phi) is 6.29. The molecule has 0 bridgehead atoms. The van der Waals surface area contributed by atoms with Crippen molar-refractivity contribution in [2.75, 3.05) is 25.5 Å². The summed E-state index contributed by atoms with van der Waals surface area (Å²) in [6.45, 7) is 3.01. The minimum absolute atomic E-state index is 0.0372. The van der Waals surface area contributed by atoms with Gasteiger partial charge in [0.1, 0.15) is 11.6 Å². The molecule has 6 heteroatoms. The molecule has 0 aromatic heterocycles. The average molecular weight is 384 g/mol. The highest BCUT2D eigenvalue weighted by atomic mass is 19.1. The number of anilines is 1. The molecule has 28 heavy (non-hydrogen) atoms. The van der Waals surface area contributed by atoms with E-state index in [1.807, 2.05) is 25.1 Å². The summed E-state index contributed by atoms with van der Waals surface area (Å²) in [4.78, 5) is 26.8. The topological polar surface area (TPSA) is 58.6 Å². The highest BCUT2D eigenvalue weighted by molar-refractivity contribution is 5.94. The van der Waals surface area contributed by atoms with Crippen LogP contribution in [0.2, 0.25) is 0 Å². The summed E-state index contributed by atoms with van der Waals surface area (Å²) in [6.07, 6.45) is 1.39. The Morgan fingerprint density at radius 3 is 2.61 bits per heavy atom. The minimum atomic E-state index is -0.341. The number of hydrogen-bond donors (Lipinski definition) is 1. The van der Waals surface area contributed by atoms with Gasteiger partial charge >= 0.3 is 0 Å². The van der Waals surface area contributed by atoms with E-state index >= 15 is 0 Å². The lowest BCUT2D eigenvalue weighted by Gasteiger charge is -2.31. The molecule has 0 aliphatic carbocycles. The van der Waals surface area contributed by atoms with Gasteiger partial charge in [0.2, 0.25) is 11.8 Å². The molecule has 1 N–H and O–H groups in total. The number of piperidine rings is 1. The highest BCUT2D eigenvalue weighted by Crippen LogP contribution is 2.27. The van der Waals surface area contributed by atoms with E-state index in [0.29, 0.717) is 42.9 Å². The molecule has 1 heterocycles. The lowest BCUT2D eigenvalue weighted by Crippen LogP contribution is -2.42. The van der Waals surface area contributed by atoms with Crippen LogP contribution < -0.4 is 10.1 Å². The summed E-state index contributed by atoms with van der Waals surface area (Å²) in [6, 6.07) is 11.7. The van der Waals surface area contributed by atoms with Gasteiger partial charge in [-0.15, -0.1) is 0 Å². The van der Waals surface area contributed by atoms with Crippen LogP contribution in [0.15, 0.2) is 42.5 Å². The zero-order chi connectivity index (χ0) is 20.1. The first-order chi connectivity index (χ1) is 13.5. The minimum Gasteiger partial charge on any atom is -0.495 e. The second kappa shape index (κ2) is 8.87. The molecule has 2 amide bonds. The second-order valence-electron chi connectivity index (χ2n) is 7.15. The number of rotatable bonds is 5. The van der Waals surface area contributed by atoms with E-state index in [4.69, 9.17) is 4.74 Å². The van der Waals surface area contributed by atoms with Crippen LogP contribution in [0.4, 0.5) is 10.1 Å². The summed E-state index contributed by atoms with van der Waals surface area (Å²) in [5, 5.41) is 2.95. The Morgan fingerprint density at radius 2 is 1.93 bits per heavy atom. The second-order valence-corrected chi connectivity index (χ2v) is 7.15. The van der Waals surface area contributed by atoms with Gasteiger partial charge in [0.15, 0.2) is 0 Å². The van der Waals surface area contributed by atoms with Crippen molar-refractivity contribution in [3.63, 3.8) is 0 Å². The van der Waals surface area contributed by atoms with E-state index in [1.54, 1.807) is 24.1 Å². The number of aryl methyl sites for hydroxylation is 1. The normalized spacial score (nSPS) is 14.6. The maximum absolute atomic E-state index is 13.3. The summed E-state index contributed by atoms with van der Waals surface area (Å²) in [5.74, 6) is 0.0447. The van der Waals surface area contributed by atoms with Gasteiger partial charge in [0.05, 0.1) is 19.2 Å². The number of nitrogens with one attached hydrogen (secondary N) is 1. The standard InChI is InChI=1S/C22H25FN2O3/c1-15-6-7-20(28-2)19(12-15)24-22(27)17-8-10-25(11-9-17)21(26)14-16-4-3-5-18(23)13-16/h3-7,12-13,17H,8-11,14H2,1-2H3,(H,24,27). The molecule has 2 aromatic rings. The van der Waals surface area contributed by atoms with Crippen LogP contribution in [-0.2, 0) is 16.0 Å². The van der Waals surface area contributed by atoms with Gasteiger partial charge in [0.25, 0.3) is 0 Å². The fourth-order valence-corrected chi connectivity index (χ4v) is 3.48. The molecule has 1 saturated heterocycles. The summed E-state index contributed by atoms with van der Waals surface area (Å²) < 4.78 is 18.6. The fraction of sp³-hybridized carbons (Fsp3) is 0.364. The molecule has 1 aliphatic rings. The fourth-order valence-electron chi connectivity index (χ4n) is 3.48. The molecule has 1 aliphatic heterocycles. The zero-order valence-corrected chi connectivity index (χ0v) is 16.2. The van der Waals surface area contributed by atoms with Crippen LogP contribution in [0.25, 0.3) is 0 Å². The number of hydrogen-bond acceptors (Lipinski definition) is 3. The van der Waals surface area contributed by atoms with Gasteiger partial charge in [-0.3, -0.25) is 9.59 Å². The summed E-state index contributed by atoms with van der Waals surface area (Å²) in [7, 11) is 1.57. The van der Waals surface area contributed by atoms with E-state index in [1.165, 1.54) is 12.1 Å². The van der Waals surface area contributed by atoms with E-state index in [2.05, 4.69) is 5.32 Å². The van der Waals surface area contributed by atoms with Crippen molar-refractivity contribution in [1.82, 2.24) is 4.90 Å². The van der Waals surface area contributed by atoms with Crippen LogP contribution in [0.1, 0.15) is 24.0 Å². The van der Waals surface area contributed by atoms with Crippen molar-refractivity contribution in [2.24, 2.45) is 5.92 Å². The van der Waals surface area contributed by atoms with E-state index < -0.39 is 0 Å². The molecule has 0 radical (unpaired) electrons. The highest BCUT2D eigenvalue weighted by Gasteiger charge is 2.27. The van der Waals surface area contributed by atoms with Crippen molar-refractivity contribution in [1.29, 1.82) is 0 Å². The molecule has 5 nitrogen and oxygen atoms in total. The lowest BCUT2D eigenvalue weighted by atomic mass is 9.95. The average Bonchev–Trinajstić information content (AvgIpc) is 2.68. The van der Waals surface area contributed by atoms with Crippen LogP contribution in [0, 0.1) is 18.7 Å². The third-order valence-corrected chi connectivity index (χ3v) is 5.08. The van der Waals surface area contributed by atoms with E-state index in [0.717, 1.165) is 5.56 Å². The zero-order valence-electron chi connectivity index (χ0n) is 16.2. The largest absolute Gasteiger partial charge is 0.495 e. The molecule has 148 valence electrons. The SMILES string of the molecule is COc1ccc(C)cc1NC(=O)C1CCN(C(=O)Cc2cccc(F)c2)CC1. The first-order valence-electron chi connectivity index (χ1n) is 9.44. The third kappa shape index (κ3) is 4.88. The molecule has 3 rings (SSSR count).